The first-order valence-corrected chi connectivity index (χ1v) is 20.0. The minimum absolute atomic E-state index is 0.510. The summed E-state index contributed by atoms with van der Waals surface area (Å²) in [5.41, 5.74) is 16.6. The van der Waals surface area contributed by atoms with E-state index < -0.39 is 5.41 Å². The van der Waals surface area contributed by atoms with Crippen molar-refractivity contribution in [3.8, 4) is 73.4 Å². The van der Waals surface area contributed by atoms with E-state index in [0.29, 0.717) is 11.4 Å². The predicted octanol–water partition coefficient (Wildman–Crippen LogP) is 13.7. The number of hydrogen-bond donors (Lipinski definition) is 0. The third-order valence-corrected chi connectivity index (χ3v) is 12.5. The van der Waals surface area contributed by atoms with Gasteiger partial charge in [0, 0.05) is 22.3 Å². The summed E-state index contributed by atoms with van der Waals surface area (Å²) in [6.07, 6.45) is 0. The first kappa shape index (κ1) is 33.2. The molecule has 0 aliphatic heterocycles. The maximum atomic E-state index is 10.5. The number of nitriles is 1. The molecular weight excluding hydrogens is 715 g/mol. The molecule has 1 heterocycles. The Balaban J connectivity index is 1.03. The van der Waals surface area contributed by atoms with Crippen molar-refractivity contribution >= 4 is 21.5 Å². The fourth-order valence-corrected chi connectivity index (χ4v) is 9.87. The van der Waals surface area contributed by atoms with Gasteiger partial charge in [0.15, 0.2) is 5.82 Å². The van der Waals surface area contributed by atoms with Gasteiger partial charge in [-0.2, -0.15) is 5.26 Å². The number of fused-ring (bicyclic) bond motifs is 12. The highest BCUT2D eigenvalue weighted by atomic mass is 14.9. The standard InChI is InChI=1S/C56H33N3/c57-34-44-17-10-22-51-54(44)47-32-40(27-28-50(47)56(51)48-20-7-5-18-45(48)46-19-6-8-21-49(46)56)39-15-9-16-41(30-39)52-33-53(42-25-23-35-11-1-3-13-37(35)29-42)59-55(58-52)43-26-24-36-12-2-4-14-38(36)31-43/h1-33H. The molecule has 0 saturated carbocycles. The van der Waals surface area contributed by atoms with Crippen LogP contribution in [0.3, 0.4) is 0 Å². The van der Waals surface area contributed by atoms with Crippen molar-refractivity contribution in [2.45, 2.75) is 5.41 Å². The van der Waals surface area contributed by atoms with Crippen molar-refractivity contribution in [2.24, 2.45) is 0 Å². The largest absolute Gasteiger partial charge is 0.228 e. The molecule has 2 aliphatic rings. The van der Waals surface area contributed by atoms with Gasteiger partial charge >= 0.3 is 0 Å². The molecule has 10 aromatic rings. The van der Waals surface area contributed by atoms with Crippen LogP contribution in [0.1, 0.15) is 27.8 Å². The van der Waals surface area contributed by atoms with Crippen molar-refractivity contribution in [1.82, 2.24) is 9.97 Å². The summed E-state index contributed by atoms with van der Waals surface area (Å²) in [6, 6.07) is 73.8. The molecule has 272 valence electrons. The topological polar surface area (TPSA) is 49.6 Å². The highest BCUT2D eigenvalue weighted by Gasteiger charge is 2.52. The van der Waals surface area contributed by atoms with E-state index >= 15 is 0 Å². The van der Waals surface area contributed by atoms with Crippen molar-refractivity contribution in [2.75, 3.05) is 0 Å². The summed E-state index contributed by atoms with van der Waals surface area (Å²) in [6.45, 7) is 0. The Morgan fingerprint density at radius 3 is 1.56 bits per heavy atom. The number of benzene rings is 9. The SMILES string of the molecule is N#Cc1cccc2c1-c1cc(-c3cccc(-c4cc(-c5ccc6ccccc6c5)nc(-c5ccc6ccccc6c5)n4)c3)ccc1C21c2ccccc2-c2ccccc21. The molecule has 2 aliphatic carbocycles. The summed E-state index contributed by atoms with van der Waals surface area (Å²) >= 11 is 0. The summed E-state index contributed by atoms with van der Waals surface area (Å²) in [4.78, 5) is 10.5. The van der Waals surface area contributed by atoms with Crippen LogP contribution >= 0.6 is 0 Å². The highest BCUT2D eigenvalue weighted by molar-refractivity contribution is 5.98. The van der Waals surface area contributed by atoms with Gasteiger partial charge in [0.2, 0.25) is 0 Å². The lowest BCUT2D eigenvalue weighted by Crippen LogP contribution is -2.25. The highest BCUT2D eigenvalue weighted by Crippen LogP contribution is 2.63. The Kier molecular flexibility index (Phi) is 7.21. The molecule has 0 fully saturated rings. The van der Waals surface area contributed by atoms with Gasteiger partial charge in [0.1, 0.15) is 0 Å². The molecule has 3 heteroatoms. The monoisotopic (exact) mass is 747 g/mol. The number of aromatic nitrogens is 2. The van der Waals surface area contributed by atoms with Crippen molar-refractivity contribution in [1.29, 1.82) is 5.26 Å². The molecule has 9 aromatic carbocycles. The average molecular weight is 748 g/mol. The van der Waals surface area contributed by atoms with Crippen LogP contribution in [-0.2, 0) is 5.41 Å². The van der Waals surface area contributed by atoms with Gasteiger partial charge in [0.05, 0.1) is 28.4 Å². The Bertz CT molecular complexity index is 3280. The Morgan fingerprint density at radius 1 is 0.356 bits per heavy atom. The van der Waals surface area contributed by atoms with Crippen LogP contribution in [-0.4, -0.2) is 9.97 Å². The summed E-state index contributed by atoms with van der Waals surface area (Å²) in [5.74, 6) is 0.683. The van der Waals surface area contributed by atoms with Gasteiger partial charge in [-0.1, -0.05) is 164 Å². The molecule has 3 nitrogen and oxygen atoms in total. The maximum Gasteiger partial charge on any atom is 0.160 e. The zero-order valence-electron chi connectivity index (χ0n) is 31.9. The quantitative estimate of drug-likeness (QED) is 0.180. The molecule has 0 radical (unpaired) electrons. The fourth-order valence-electron chi connectivity index (χ4n) is 9.87. The normalized spacial score (nSPS) is 12.9. The van der Waals surface area contributed by atoms with Crippen LogP contribution in [0.4, 0.5) is 0 Å². The lowest BCUT2D eigenvalue weighted by Gasteiger charge is -2.30. The number of rotatable bonds is 4. The van der Waals surface area contributed by atoms with Crippen LogP contribution in [0.5, 0.6) is 0 Å². The van der Waals surface area contributed by atoms with Gasteiger partial charge in [0.25, 0.3) is 0 Å². The molecular formula is C56H33N3. The van der Waals surface area contributed by atoms with E-state index in [-0.39, 0.29) is 0 Å². The van der Waals surface area contributed by atoms with Crippen LogP contribution < -0.4 is 0 Å². The second kappa shape index (κ2) is 12.8. The van der Waals surface area contributed by atoms with E-state index in [2.05, 4.69) is 194 Å². The van der Waals surface area contributed by atoms with E-state index in [1.807, 2.05) is 12.1 Å². The number of hydrogen-bond acceptors (Lipinski definition) is 3. The second-order valence-corrected chi connectivity index (χ2v) is 15.6. The summed E-state index contributed by atoms with van der Waals surface area (Å²) in [7, 11) is 0. The minimum atomic E-state index is -0.510. The third kappa shape index (κ3) is 4.94. The van der Waals surface area contributed by atoms with E-state index in [1.54, 1.807) is 0 Å². The van der Waals surface area contributed by atoms with Gasteiger partial charge in [-0.05, 0) is 108 Å². The lowest BCUT2D eigenvalue weighted by molar-refractivity contribution is 0.793. The molecule has 12 rings (SSSR count). The average Bonchev–Trinajstić information content (AvgIpc) is 3.78. The zero-order chi connectivity index (χ0) is 39.1. The van der Waals surface area contributed by atoms with Gasteiger partial charge in [-0.25, -0.2) is 9.97 Å². The van der Waals surface area contributed by atoms with Gasteiger partial charge < -0.3 is 0 Å². The van der Waals surface area contributed by atoms with Crippen molar-refractivity contribution in [3.63, 3.8) is 0 Å². The summed E-state index contributed by atoms with van der Waals surface area (Å²) in [5, 5.41) is 15.2. The first-order chi connectivity index (χ1) is 29.2. The first-order valence-electron chi connectivity index (χ1n) is 20.0. The third-order valence-electron chi connectivity index (χ3n) is 12.5. The van der Waals surface area contributed by atoms with Crippen LogP contribution in [0.25, 0.3) is 88.8 Å². The Labute approximate surface area is 342 Å². The second-order valence-electron chi connectivity index (χ2n) is 15.6. The molecule has 1 spiro atoms. The molecule has 0 atom stereocenters. The smallest absolute Gasteiger partial charge is 0.160 e. The predicted molar refractivity (Wildman–Crippen MR) is 240 cm³/mol. The Morgan fingerprint density at radius 2 is 0.864 bits per heavy atom. The lowest BCUT2D eigenvalue weighted by atomic mass is 9.70. The maximum absolute atomic E-state index is 10.5. The van der Waals surface area contributed by atoms with E-state index in [1.165, 1.54) is 49.5 Å². The summed E-state index contributed by atoms with van der Waals surface area (Å²) < 4.78 is 0. The van der Waals surface area contributed by atoms with Crippen LogP contribution in [0, 0.1) is 11.3 Å². The van der Waals surface area contributed by atoms with Gasteiger partial charge in [-0.3, -0.25) is 0 Å². The fraction of sp³-hybridized carbons (Fsp3) is 0.0179. The van der Waals surface area contributed by atoms with Crippen molar-refractivity contribution < 1.29 is 0 Å². The molecule has 59 heavy (non-hydrogen) atoms. The van der Waals surface area contributed by atoms with Crippen LogP contribution in [0.15, 0.2) is 200 Å². The molecule has 0 bridgehead atoms. The molecule has 0 unspecified atom stereocenters. The van der Waals surface area contributed by atoms with E-state index in [4.69, 9.17) is 9.97 Å². The van der Waals surface area contributed by atoms with E-state index in [0.717, 1.165) is 55.7 Å². The molecule has 0 amide bonds. The Hall–Kier alpha value is -7.93. The number of nitrogens with zero attached hydrogens (tertiary/aromatic N) is 3. The molecule has 0 N–H and O–H groups in total. The zero-order valence-corrected chi connectivity index (χ0v) is 31.9. The molecule has 1 aromatic heterocycles. The van der Waals surface area contributed by atoms with Crippen molar-refractivity contribution in [3.05, 3.63) is 228 Å². The molecule has 0 saturated heterocycles. The van der Waals surface area contributed by atoms with Crippen LogP contribution in [0.2, 0.25) is 0 Å². The van der Waals surface area contributed by atoms with E-state index in [9.17, 15) is 5.26 Å². The minimum Gasteiger partial charge on any atom is -0.228 e. The van der Waals surface area contributed by atoms with Gasteiger partial charge in [-0.15, -0.1) is 0 Å².